The third kappa shape index (κ3) is 5.16. The van der Waals surface area contributed by atoms with Gasteiger partial charge in [0.05, 0.1) is 12.7 Å². The Morgan fingerprint density at radius 2 is 2.09 bits per heavy atom. The molecule has 1 aromatic rings. The van der Waals surface area contributed by atoms with Gasteiger partial charge in [-0.2, -0.15) is 11.8 Å². The fraction of sp³-hybridized carbons (Fsp3) is 0.529. The number of methoxy groups -OCH3 is 1. The molecular weight excluding hydrogens is 310 g/mol. The first-order valence-electron chi connectivity index (χ1n) is 7.83. The van der Waals surface area contributed by atoms with E-state index in [1.54, 1.807) is 19.2 Å². The third-order valence-corrected chi connectivity index (χ3v) is 5.21. The van der Waals surface area contributed by atoms with Crippen LogP contribution in [0.25, 0.3) is 0 Å². The molecule has 1 fully saturated rings. The Hall–Kier alpha value is -1.69. The van der Waals surface area contributed by atoms with E-state index in [0.29, 0.717) is 18.2 Å². The summed E-state index contributed by atoms with van der Waals surface area (Å²) in [6.45, 7) is 0.666. The number of esters is 1. The van der Waals surface area contributed by atoms with Gasteiger partial charge in [-0.25, -0.2) is 4.79 Å². The predicted octanol–water partition coefficient (Wildman–Crippen LogP) is 2.42. The highest BCUT2D eigenvalue weighted by atomic mass is 32.2. The van der Waals surface area contributed by atoms with Gasteiger partial charge in [-0.05, 0) is 43.2 Å². The van der Waals surface area contributed by atoms with Crippen molar-refractivity contribution in [2.24, 2.45) is 4.99 Å². The maximum Gasteiger partial charge on any atom is 0.337 e. The van der Waals surface area contributed by atoms with Gasteiger partial charge >= 0.3 is 5.97 Å². The number of benzene rings is 1. The van der Waals surface area contributed by atoms with E-state index in [9.17, 15) is 4.79 Å². The van der Waals surface area contributed by atoms with Crippen molar-refractivity contribution < 1.29 is 9.53 Å². The fourth-order valence-corrected chi connectivity index (χ4v) is 3.53. The normalized spacial score (nSPS) is 21.1. The minimum absolute atomic E-state index is 0.313. The molecule has 2 atom stereocenters. The summed E-state index contributed by atoms with van der Waals surface area (Å²) < 4.78 is 4.70. The number of carbonyl (C=O) groups is 1. The highest BCUT2D eigenvalue weighted by molar-refractivity contribution is 7.99. The van der Waals surface area contributed by atoms with Crippen molar-refractivity contribution in [2.75, 3.05) is 20.4 Å². The number of ether oxygens (including phenoxy) is 1. The number of guanidine groups is 1. The average molecular weight is 335 g/mol. The summed E-state index contributed by atoms with van der Waals surface area (Å²) in [5.74, 6) is 0.514. The first kappa shape index (κ1) is 17.7. The van der Waals surface area contributed by atoms with Crippen molar-refractivity contribution in [3.63, 3.8) is 0 Å². The molecule has 0 aromatic heterocycles. The molecular formula is C17H25N3O2S. The quantitative estimate of drug-likeness (QED) is 0.491. The molecule has 2 unspecified atom stereocenters. The molecule has 2 N–H and O–H groups in total. The van der Waals surface area contributed by atoms with Crippen LogP contribution in [0, 0.1) is 0 Å². The number of nitrogens with zero attached hydrogens (tertiary/aromatic N) is 1. The zero-order valence-corrected chi connectivity index (χ0v) is 14.8. The molecule has 0 bridgehead atoms. The Morgan fingerprint density at radius 3 is 2.65 bits per heavy atom. The van der Waals surface area contributed by atoms with Crippen molar-refractivity contribution >= 4 is 23.7 Å². The maximum atomic E-state index is 11.4. The zero-order chi connectivity index (χ0) is 16.7. The minimum Gasteiger partial charge on any atom is -0.465 e. The Kier molecular flexibility index (Phi) is 6.77. The molecule has 1 aliphatic carbocycles. The summed E-state index contributed by atoms with van der Waals surface area (Å²) in [6, 6.07) is 7.90. The molecule has 1 aromatic carbocycles. The number of carbonyl (C=O) groups excluding carboxylic acids is 1. The van der Waals surface area contributed by atoms with Crippen molar-refractivity contribution in [2.45, 2.75) is 37.1 Å². The van der Waals surface area contributed by atoms with Crippen LogP contribution in [0.1, 0.15) is 35.2 Å². The second-order valence-corrected chi connectivity index (χ2v) is 6.76. The Morgan fingerprint density at radius 1 is 1.35 bits per heavy atom. The van der Waals surface area contributed by atoms with E-state index in [1.165, 1.54) is 26.4 Å². The molecule has 0 spiro atoms. The van der Waals surface area contributed by atoms with Crippen LogP contribution in [-0.4, -0.2) is 43.6 Å². The highest BCUT2D eigenvalue weighted by Crippen LogP contribution is 2.27. The van der Waals surface area contributed by atoms with E-state index in [2.05, 4.69) is 21.9 Å². The van der Waals surface area contributed by atoms with Gasteiger partial charge in [-0.15, -0.1) is 0 Å². The lowest BCUT2D eigenvalue weighted by Crippen LogP contribution is -2.42. The van der Waals surface area contributed by atoms with Crippen LogP contribution in [-0.2, 0) is 11.3 Å². The fourth-order valence-electron chi connectivity index (χ4n) is 2.74. The molecule has 2 rings (SSSR count). The predicted molar refractivity (Wildman–Crippen MR) is 96.1 cm³/mol. The second-order valence-electron chi connectivity index (χ2n) is 5.63. The monoisotopic (exact) mass is 335 g/mol. The summed E-state index contributed by atoms with van der Waals surface area (Å²) in [7, 11) is 3.18. The molecule has 23 heavy (non-hydrogen) atoms. The van der Waals surface area contributed by atoms with Gasteiger partial charge in [0.1, 0.15) is 0 Å². The lowest BCUT2D eigenvalue weighted by atomic mass is 10.1. The van der Waals surface area contributed by atoms with Crippen LogP contribution in [0.5, 0.6) is 0 Å². The summed E-state index contributed by atoms with van der Waals surface area (Å²) in [4.78, 5) is 15.7. The largest absolute Gasteiger partial charge is 0.465 e. The van der Waals surface area contributed by atoms with Gasteiger partial charge in [0.2, 0.25) is 0 Å². The van der Waals surface area contributed by atoms with Gasteiger partial charge in [0, 0.05) is 24.9 Å². The lowest BCUT2D eigenvalue weighted by Gasteiger charge is -2.17. The topological polar surface area (TPSA) is 62.7 Å². The number of thioether (sulfide) groups is 1. The van der Waals surface area contributed by atoms with E-state index in [4.69, 9.17) is 4.74 Å². The zero-order valence-electron chi connectivity index (χ0n) is 14.0. The third-order valence-electron chi connectivity index (χ3n) is 4.12. The maximum absolute atomic E-state index is 11.4. The molecule has 0 heterocycles. The lowest BCUT2D eigenvalue weighted by molar-refractivity contribution is 0.0600. The van der Waals surface area contributed by atoms with Gasteiger partial charge < -0.3 is 15.4 Å². The molecule has 126 valence electrons. The van der Waals surface area contributed by atoms with Crippen LogP contribution in [0.3, 0.4) is 0 Å². The van der Waals surface area contributed by atoms with Crippen molar-refractivity contribution in [3.05, 3.63) is 35.4 Å². The van der Waals surface area contributed by atoms with E-state index < -0.39 is 0 Å². The standard InChI is InChI=1S/C17H25N3O2S/c1-18-17(20-14-8-9-15(10-14)23-3)19-11-12-4-6-13(7-5-12)16(21)22-2/h4-7,14-15H,8-11H2,1-3H3,(H2,18,19,20). The van der Waals surface area contributed by atoms with Gasteiger partial charge in [0.15, 0.2) is 5.96 Å². The van der Waals surface area contributed by atoms with Crippen molar-refractivity contribution in [1.82, 2.24) is 10.6 Å². The number of nitrogens with one attached hydrogen (secondary N) is 2. The van der Waals surface area contributed by atoms with Gasteiger partial charge in [-0.3, -0.25) is 4.99 Å². The molecule has 0 saturated heterocycles. The van der Waals surface area contributed by atoms with Crippen LogP contribution < -0.4 is 10.6 Å². The summed E-state index contributed by atoms with van der Waals surface area (Å²) >= 11 is 1.95. The molecule has 0 amide bonds. The second kappa shape index (κ2) is 8.82. The number of rotatable bonds is 5. The molecule has 1 saturated carbocycles. The van der Waals surface area contributed by atoms with E-state index in [1.807, 2.05) is 23.9 Å². The summed E-state index contributed by atoms with van der Waals surface area (Å²) in [5.41, 5.74) is 1.65. The van der Waals surface area contributed by atoms with Crippen molar-refractivity contribution in [3.8, 4) is 0 Å². The molecule has 1 aliphatic rings. The average Bonchev–Trinajstić information content (AvgIpc) is 3.06. The van der Waals surface area contributed by atoms with Crippen LogP contribution >= 0.6 is 11.8 Å². The van der Waals surface area contributed by atoms with E-state index in [-0.39, 0.29) is 5.97 Å². The first-order chi connectivity index (χ1) is 11.2. The van der Waals surface area contributed by atoms with Crippen LogP contribution in [0.15, 0.2) is 29.3 Å². The van der Waals surface area contributed by atoms with E-state index in [0.717, 1.165) is 16.8 Å². The molecule has 5 nitrogen and oxygen atoms in total. The molecule has 0 radical (unpaired) electrons. The SMILES string of the molecule is CN=C(NCc1ccc(C(=O)OC)cc1)NC1CCC(SC)C1. The van der Waals surface area contributed by atoms with Gasteiger partial charge in [-0.1, -0.05) is 12.1 Å². The van der Waals surface area contributed by atoms with Crippen LogP contribution in [0.2, 0.25) is 0 Å². The Bertz CT molecular complexity index is 545. The number of hydrogen-bond donors (Lipinski definition) is 2. The van der Waals surface area contributed by atoms with E-state index >= 15 is 0 Å². The number of aliphatic imine (C=N–C) groups is 1. The van der Waals surface area contributed by atoms with Crippen molar-refractivity contribution in [1.29, 1.82) is 0 Å². The number of hydrogen-bond acceptors (Lipinski definition) is 4. The Labute approximate surface area is 142 Å². The Balaban J connectivity index is 1.82. The molecule has 0 aliphatic heterocycles. The highest BCUT2D eigenvalue weighted by Gasteiger charge is 2.24. The van der Waals surface area contributed by atoms with Gasteiger partial charge in [0.25, 0.3) is 0 Å². The first-order valence-corrected chi connectivity index (χ1v) is 9.12. The summed E-state index contributed by atoms with van der Waals surface area (Å²) in [6.07, 6.45) is 5.83. The molecule has 6 heteroatoms. The van der Waals surface area contributed by atoms with Crippen LogP contribution in [0.4, 0.5) is 0 Å². The minimum atomic E-state index is -0.313. The smallest absolute Gasteiger partial charge is 0.337 e. The summed E-state index contributed by atoms with van der Waals surface area (Å²) in [5, 5.41) is 7.58.